The monoisotopic (exact) mass is 271 g/mol. The molecule has 0 radical (unpaired) electrons. The Morgan fingerprint density at radius 1 is 1.26 bits per heavy atom. The van der Waals surface area contributed by atoms with Crippen LogP contribution in [0.25, 0.3) is 0 Å². The van der Waals surface area contributed by atoms with Gasteiger partial charge in [0.25, 0.3) is 0 Å². The minimum Gasteiger partial charge on any atom is -0.480 e. The zero-order chi connectivity index (χ0) is 14.4. The van der Waals surface area contributed by atoms with Gasteiger partial charge in [-0.05, 0) is 46.0 Å². The summed E-state index contributed by atoms with van der Waals surface area (Å²) in [4.78, 5) is 24.8. The molecule has 1 aliphatic carbocycles. The Kier molecular flexibility index (Phi) is 3.47. The number of carbonyl (C=O) groups is 2. The average Bonchev–Trinajstić information content (AvgIpc) is 2.25. The first kappa shape index (κ1) is 14.1. The zero-order valence-corrected chi connectivity index (χ0v) is 11.5. The van der Waals surface area contributed by atoms with Crippen molar-refractivity contribution in [2.24, 2.45) is 5.92 Å². The maximum atomic E-state index is 12.2. The Balaban J connectivity index is 2.24. The van der Waals surface area contributed by atoms with Crippen molar-refractivity contribution in [2.45, 2.75) is 63.8 Å². The number of aliphatic hydroxyl groups is 1. The summed E-state index contributed by atoms with van der Waals surface area (Å²) in [5, 5.41) is 19.3. The van der Waals surface area contributed by atoms with Crippen LogP contribution in [-0.4, -0.2) is 51.0 Å². The number of amides is 1. The molecule has 6 heteroatoms. The molecule has 2 N–H and O–H groups in total. The average molecular weight is 271 g/mol. The maximum absolute atomic E-state index is 12.2. The fourth-order valence-electron chi connectivity index (χ4n) is 3.09. The van der Waals surface area contributed by atoms with E-state index in [4.69, 9.17) is 4.74 Å². The maximum Gasteiger partial charge on any atom is 0.411 e. The fourth-order valence-corrected chi connectivity index (χ4v) is 3.09. The Bertz CT molecular complexity index is 389. The van der Waals surface area contributed by atoms with E-state index in [0.717, 1.165) is 6.42 Å². The standard InChI is InChI=1S/C13H21NO5/c1-13(2,3)19-12(18)14-8-5-4-7(6-9(8)15)10(14)11(16)17/h7-10,15H,4-6H2,1-3H3,(H,16,17)/t7-,8+,9+,10+/m1/s1. The largest absolute Gasteiger partial charge is 0.480 e. The Labute approximate surface area is 112 Å². The molecule has 3 fully saturated rings. The molecule has 4 atom stereocenters. The molecule has 1 amide bonds. The topological polar surface area (TPSA) is 87.1 Å². The van der Waals surface area contributed by atoms with Gasteiger partial charge in [-0.1, -0.05) is 0 Å². The number of hydrogen-bond donors (Lipinski definition) is 2. The second-order valence-electron chi connectivity index (χ2n) is 6.38. The first-order valence-electron chi connectivity index (χ1n) is 6.63. The van der Waals surface area contributed by atoms with Gasteiger partial charge < -0.3 is 14.9 Å². The number of piperidine rings is 2. The predicted octanol–water partition coefficient (Wildman–Crippen LogP) is 1.22. The highest BCUT2D eigenvalue weighted by Crippen LogP contribution is 2.40. The summed E-state index contributed by atoms with van der Waals surface area (Å²) in [7, 11) is 0. The van der Waals surface area contributed by atoms with Crippen LogP contribution in [0.4, 0.5) is 4.79 Å². The number of rotatable bonds is 1. The van der Waals surface area contributed by atoms with E-state index in [9.17, 15) is 19.8 Å². The van der Waals surface area contributed by atoms with E-state index in [1.54, 1.807) is 20.8 Å². The number of hydrogen-bond acceptors (Lipinski definition) is 4. The third-order valence-corrected chi connectivity index (χ3v) is 3.78. The molecule has 3 rings (SSSR count). The molecule has 6 nitrogen and oxygen atoms in total. The van der Waals surface area contributed by atoms with Crippen LogP contribution in [0.3, 0.4) is 0 Å². The highest BCUT2D eigenvalue weighted by Gasteiger charge is 2.52. The van der Waals surface area contributed by atoms with Gasteiger partial charge in [0.1, 0.15) is 11.6 Å². The fraction of sp³-hybridized carbons (Fsp3) is 0.846. The summed E-state index contributed by atoms with van der Waals surface area (Å²) in [6.07, 6.45) is 0.517. The summed E-state index contributed by atoms with van der Waals surface area (Å²) in [6.45, 7) is 5.21. The second kappa shape index (κ2) is 4.67. The molecule has 108 valence electrons. The Morgan fingerprint density at radius 2 is 1.89 bits per heavy atom. The molecule has 2 bridgehead atoms. The molecule has 2 saturated heterocycles. The summed E-state index contributed by atoms with van der Waals surface area (Å²) < 4.78 is 5.27. The molecule has 1 saturated carbocycles. The lowest BCUT2D eigenvalue weighted by molar-refractivity contribution is -0.158. The number of carboxylic acid groups (broad SMARTS) is 1. The van der Waals surface area contributed by atoms with Crippen LogP contribution < -0.4 is 0 Å². The van der Waals surface area contributed by atoms with Gasteiger partial charge in [0, 0.05) is 0 Å². The number of aliphatic carboxylic acids is 1. The number of fused-ring (bicyclic) bond motifs is 3. The highest BCUT2D eigenvalue weighted by molar-refractivity contribution is 5.81. The van der Waals surface area contributed by atoms with Gasteiger partial charge in [0.15, 0.2) is 0 Å². The molecule has 3 aliphatic rings. The van der Waals surface area contributed by atoms with E-state index in [0.29, 0.717) is 12.8 Å². The van der Waals surface area contributed by atoms with Crippen LogP contribution in [0, 0.1) is 5.92 Å². The van der Waals surface area contributed by atoms with Crippen LogP contribution in [0.2, 0.25) is 0 Å². The smallest absolute Gasteiger partial charge is 0.411 e. The van der Waals surface area contributed by atoms with Crippen LogP contribution in [0.15, 0.2) is 0 Å². The molecule has 2 aliphatic heterocycles. The van der Waals surface area contributed by atoms with Gasteiger partial charge in [-0.2, -0.15) is 0 Å². The van der Waals surface area contributed by atoms with E-state index in [1.807, 2.05) is 0 Å². The van der Waals surface area contributed by atoms with Crippen LogP contribution in [0.1, 0.15) is 40.0 Å². The molecule has 0 aromatic rings. The summed E-state index contributed by atoms with van der Waals surface area (Å²) in [6, 6.07) is -1.32. The molecule has 2 heterocycles. The molecule has 0 unspecified atom stereocenters. The van der Waals surface area contributed by atoms with Crippen LogP contribution in [0.5, 0.6) is 0 Å². The lowest BCUT2D eigenvalue weighted by atomic mass is 9.73. The van der Waals surface area contributed by atoms with Gasteiger partial charge >= 0.3 is 12.1 Å². The predicted molar refractivity (Wildman–Crippen MR) is 66.6 cm³/mol. The van der Waals surface area contributed by atoms with Gasteiger partial charge in [-0.15, -0.1) is 0 Å². The molecule has 0 aromatic carbocycles. The molecule has 0 spiro atoms. The van der Waals surface area contributed by atoms with Crippen molar-refractivity contribution < 1.29 is 24.5 Å². The summed E-state index contributed by atoms with van der Waals surface area (Å²) >= 11 is 0. The van der Waals surface area contributed by atoms with Crippen molar-refractivity contribution >= 4 is 12.1 Å². The highest BCUT2D eigenvalue weighted by atomic mass is 16.6. The van der Waals surface area contributed by atoms with Crippen molar-refractivity contribution in [3.05, 3.63) is 0 Å². The van der Waals surface area contributed by atoms with E-state index in [-0.39, 0.29) is 5.92 Å². The van der Waals surface area contributed by atoms with Crippen molar-refractivity contribution in [3.8, 4) is 0 Å². The number of nitrogens with zero attached hydrogens (tertiary/aromatic N) is 1. The third kappa shape index (κ3) is 2.68. The van der Waals surface area contributed by atoms with Crippen LogP contribution in [-0.2, 0) is 9.53 Å². The van der Waals surface area contributed by atoms with E-state index < -0.39 is 35.9 Å². The molecular weight excluding hydrogens is 250 g/mol. The third-order valence-electron chi connectivity index (χ3n) is 3.78. The first-order valence-corrected chi connectivity index (χ1v) is 6.63. The molecule has 19 heavy (non-hydrogen) atoms. The van der Waals surface area contributed by atoms with Crippen molar-refractivity contribution in [1.29, 1.82) is 0 Å². The molecular formula is C13H21NO5. The lowest BCUT2D eigenvalue weighted by Gasteiger charge is -2.51. The second-order valence-corrected chi connectivity index (χ2v) is 6.38. The van der Waals surface area contributed by atoms with Crippen LogP contribution >= 0.6 is 0 Å². The summed E-state index contributed by atoms with van der Waals surface area (Å²) in [5.41, 5.74) is -0.679. The van der Waals surface area contributed by atoms with E-state index >= 15 is 0 Å². The number of aliphatic hydroxyl groups excluding tert-OH is 1. The Hall–Kier alpha value is -1.30. The molecule has 0 aromatic heterocycles. The Morgan fingerprint density at radius 3 is 2.37 bits per heavy atom. The van der Waals surface area contributed by atoms with Crippen molar-refractivity contribution in [2.75, 3.05) is 0 Å². The van der Waals surface area contributed by atoms with E-state index in [1.165, 1.54) is 4.90 Å². The summed E-state index contributed by atoms with van der Waals surface area (Å²) in [5.74, 6) is -1.21. The minimum atomic E-state index is -1.02. The number of ether oxygens (including phenoxy) is 1. The quantitative estimate of drug-likeness (QED) is 0.748. The van der Waals surface area contributed by atoms with Gasteiger partial charge in [0.05, 0.1) is 12.1 Å². The lowest BCUT2D eigenvalue weighted by Crippen LogP contribution is -2.65. The minimum absolute atomic E-state index is 0.190. The van der Waals surface area contributed by atoms with Crippen molar-refractivity contribution in [1.82, 2.24) is 4.90 Å². The van der Waals surface area contributed by atoms with Gasteiger partial charge in [-0.3, -0.25) is 4.90 Å². The van der Waals surface area contributed by atoms with Gasteiger partial charge in [0.2, 0.25) is 0 Å². The van der Waals surface area contributed by atoms with Crippen molar-refractivity contribution in [3.63, 3.8) is 0 Å². The zero-order valence-electron chi connectivity index (χ0n) is 11.5. The van der Waals surface area contributed by atoms with Gasteiger partial charge in [-0.25, -0.2) is 9.59 Å². The SMILES string of the molecule is CC(C)(C)OC(=O)N1[C@H](C(=O)O)[C@@H]2CC[C@H]1[C@@H](O)C2. The normalized spacial score (nSPS) is 34.2. The number of carbonyl (C=O) groups excluding carboxylic acids is 1. The van der Waals surface area contributed by atoms with E-state index in [2.05, 4.69) is 0 Å². The number of carboxylic acids is 1. The first-order chi connectivity index (χ1) is 8.70.